The van der Waals surface area contributed by atoms with Gasteiger partial charge in [-0.15, -0.1) is 0 Å². The lowest BCUT2D eigenvalue weighted by Gasteiger charge is -2.06. The molecule has 2 rings (SSSR count). The Hall–Kier alpha value is -1.22. The van der Waals surface area contributed by atoms with Crippen molar-refractivity contribution in [2.45, 2.75) is 19.8 Å². The van der Waals surface area contributed by atoms with E-state index in [0.717, 1.165) is 18.0 Å². The summed E-state index contributed by atoms with van der Waals surface area (Å²) in [7, 11) is 0. The molecule has 0 unspecified atom stereocenters. The monoisotopic (exact) mass is 221 g/mol. The maximum absolute atomic E-state index is 13.0. The molecule has 1 fully saturated rings. The zero-order valence-electron chi connectivity index (χ0n) is 9.42. The minimum atomic E-state index is -0.351. The Bertz CT molecular complexity index is 399. The number of aryl methyl sites for hydroxylation is 1. The quantitative estimate of drug-likeness (QED) is 0.773. The molecule has 1 aromatic carbocycles. The topological polar surface area (TPSA) is 29.1 Å². The van der Waals surface area contributed by atoms with Crippen molar-refractivity contribution in [3.63, 3.8) is 0 Å². The molecule has 0 radical (unpaired) electrons. The maximum atomic E-state index is 13.0. The first-order valence-corrected chi connectivity index (χ1v) is 5.67. The second-order valence-electron chi connectivity index (χ2n) is 4.46. The fraction of sp³-hybridized carbons (Fsp3) is 0.462. The van der Waals surface area contributed by atoms with E-state index >= 15 is 0 Å². The molecule has 0 saturated heterocycles. The summed E-state index contributed by atoms with van der Waals surface area (Å²) < 4.78 is 13.0. The molecule has 0 atom stereocenters. The Labute approximate surface area is 94.9 Å². The van der Waals surface area contributed by atoms with Crippen molar-refractivity contribution < 1.29 is 9.18 Å². The Morgan fingerprint density at radius 2 is 2.25 bits per heavy atom. The van der Waals surface area contributed by atoms with E-state index in [2.05, 4.69) is 5.32 Å². The van der Waals surface area contributed by atoms with Crippen LogP contribution in [0.15, 0.2) is 18.2 Å². The number of ketones is 1. The summed E-state index contributed by atoms with van der Waals surface area (Å²) in [5, 5.41) is 3.12. The SMILES string of the molecule is Cc1ccc(F)cc1C(=O)CNCC1CC1. The fourth-order valence-corrected chi connectivity index (χ4v) is 1.70. The van der Waals surface area contributed by atoms with Crippen LogP contribution >= 0.6 is 0 Å². The van der Waals surface area contributed by atoms with Crippen molar-refractivity contribution in [3.05, 3.63) is 35.1 Å². The minimum absolute atomic E-state index is 0.0300. The number of hydrogen-bond donors (Lipinski definition) is 1. The van der Waals surface area contributed by atoms with Gasteiger partial charge in [-0.25, -0.2) is 4.39 Å². The van der Waals surface area contributed by atoms with Crippen molar-refractivity contribution in [1.82, 2.24) is 5.32 Å². The number of carbonyl (C=O) groups is 1. The average Bonchev–Trinajstić information content (AvgIpc) is 3.05. The van der Waals surface area contributed by atoms with E-state index in [1.807, 2.05) is 6.92 Å². The largest absolute Gasteiger partial charge is 0.309 e. The first-order valence-electron chi connectivity index (χ1n) is 5.67. The van der Waals surface area contributed by atoms with Gasteiger partial charge in [-0.1, -0.05) is 6.07 Å². The highest BCUT2D eigenvalue weighted by molar-refractivity contribution is 5.98. The van der Waals surface area contributed by atoms with Crippen LogP contribution in [0.2, 0.25) is 0 Å². The summed E-state index contributed by atoms with van der Waals surface area (Å²) in [4.78, 5) is 11.8. The molecule has 1 saturated carbocycles. The summed E-state index contributed by atoms with van der Waals surface area (Å²) >= 11 is 0. The van der Waals surface area contributed by atoms with Crippen LogP contribution in [0.1, 0.15) is 28.8 Å². The molecular formula is C13H16FNO. The molecule has 0 spiro atoms. The van der Waals surface area contributed by atoms with E-state index in [4.69, 9.17) is 0 Å². The molecule has 0 bridgehead atoms. The van der Waals surface area contributed by atoms with Crippen LogP contribution in [0.5, 0.6) is 0 Å². The lowest BCUT2D eigenvalue weighted by Crippen LogP contribution is -2.25. The Morgan fingerprint density at radius 1 is 1.50 bits per heavy atom. The minimum Gasteiger partial charge on any atom is -0.309 e. The van der Waals surface area contributed by atoms with Gasteiger partial charge in [0.15, 0.2) is 5.78 Å². The van der Waals surface area contributed by atoms with Crippen LogP contribution in [0.25, 0.3) is 0 Å². The second-order valence-corrected chi connectivity index (χ2v) is 4.46. The predicted molar refractivity (Wildman–Crippen MR) is 61.1 cm³/mol. The van der Waals surface area contributed by atoms with E-state index < -0.39 is 0 Å². The molecule has 0 aromatic heterocycles. The van der Waals surface area contributed by atoms with E-state index in [9.17, 15) is 9.18 Å². The summed E-state index contributed by atoms with van der Waals surface area (Å²) in [5.41, 5.74) is 1.32. The van der Waals surface area contributed by atoms with Crippen LogP contribution in [-0.2, 0) is 0 Å². The Morgan fingerprint density at radius 3 is 2.94 bits per heavy atom. The van der Waals surface area contributed by atoms with E-state index in [0.29, 0.717) is 12.1 Å². The van der Waals surface area contributed by atoms with Crippen LogP contribution in [0.4, 0.5) is 4.39 Å². The zero-order chi connectivity index (χ0) is 11.5. The van der Waals surface area contributed by atoms with Crippen molar-refractivity contribution in [3.8, 4) is 0 Å². The maximum Gasteiger partial charge on any atom is 0.176 e. The molecule has 3 heteroatoms. The molecule has 1 aliphatic rings. The van der Waals surface area contributed by atoms with Crippen molar-refractivity contribution in [2.24, 2.45) is 5.92 Å². The molecule has 86 valence electrons. The summed E-state index contributed by atoms with van der Waals surface area (Å²) in [6.07, 6.45) is 2.53. The van der Waals surface area contributed by atoms with Gasteiger partial charge < -0.3 is 5.32 Å². The van der Waals surface area contributed by atoms with Gasteiger partial charge >= 0.3 is 0 Å². The molecule has 0 aliphatic heterocycles. The number of rotatable bonds is 5. The fourth-order valence-electron chi connectivity index (χ4n) is 1.70. The van der Waals surface area contributed by atoms with Crippen LogP contribution < -0.4 is 5.32 Å². The number of hydrogen-bond acceptors (Lipinski definition) is 2. The smallest absolute Gasteiger partial charge is 0.176 e. The predicted octanol–water partition coefficient (Wildman–Crippen LogP) is 2.32. The Balaban J connectivity index is 1.93. The van der Waals surface area contributed by atoms with E-state index in [-0.39, 0.29) is 11.6 Å². The lowest BCUT2D eigenvalue weighted by molar-refractivity contribution is 0.0990. The third-order valence-electron chi connectivity index (χ3n) is 2.92. The number of halogens is 1. The lowest BCUT2D eigenvalue weighted by atomic mass is 10.0. The third-order valence-corrected chi connectivity index (χ3v) is 2.92. The molecule has 0 heterocycles. The highest BCUT2D eigenvalue weighted by Crippen LogP contribution is 2.27. The molecule has 2 nitrogen and oxygen atoms in total. The van der Waals surface area contributed by atoms with Gasteiger partial charge in [0.2, 0.25) is 0 Å². The molecule has 1 aliphatic carbocycles. The van der Waals surface area contributed by atoms with Crippen LogP contribution in [0.3, 0.4) is 0 Å². The third kappa shape index (κ3) is 2.89. The first-order chi connectivity index (χ1) is 7.66. The number of nitrogens with one attached hydrogen (secondary N) is 1. The standard InChI is InChI=1S/C13H16FNO/c1-9-2-5-11(14)6-12(9)13(16)8-15-7-10-3-4-10/h2,5-6,10,15H,3-4,7-8H2,1H3. The van der Waals surface area contributed by atoms with Gasteiger partial charge in [0.25, 0.3) is 0 Å². The van der Waals surface area contributed by atoms with Crippen molar-refractivity contribution in [2.75, 3.05) is 13.1 Å². The zero-order valence-corrected chi connectivity index (χ0v) is 9.42. The van der Waals surface area contributed by atoms with Gasteiger partial charge in [0.1, 0.15) is 5.82 Å². The Kier molecular flexibility index (Phi) is 3.34. The number of benzene rings is 1. The molecule has 16 heavy (non-hydrogen) atoms. The number of carbonyl (C=O) groups excluding carboxylic acids is 1. The van der Waals surface area contributed by atoms with Crippen molar-refractivity contribution >= 4 is 5.78 Å². The first kappa shape index (κ1) is 11.3. The van der Waals surface area contributed by atoms with E-state index in [1.54, 1.807) is 6.07 Å². The van der Waals surface area contributed by atoms with Gasteiger partial charge in [0, 0.05) is 5.56 Å². The molecule has 0 amide bonds. The highest BCUT2D eigenvalue weighted by Gasteiger charge is 2.20. The average molecular weight is 221 g/mol. The summed E-state index contributed by atoms with van der Waals surface area (Å²) in [5.74, 6) is 0.371. The highest BCUT2D eigenvalue weighted by atomic mass is 19.1. The van der Waals surface area contributed by atoms with Crippen LogP contribution in [-0.4, -0.2) is 18.9 Å². The van der Waals surface area contributed by atoms with Gasteiger partial charge in [0.05, 0.1) is 6.54 Å². The number of Topliss-reactive ketones (excluding diaryl/α,β-unsaturated/α-hetero) is 1. The van der Waals surface area contributed by atoms with Gasteiger partial charge in [-0.3, -0.25) is 4.79 Å². The normalized spacial score (nSPS) is 15.1. The van der Waals surface area contributed by atoms with E-state index in [1.165, 1.54) is 25.0 Å². The molecule has 1 N–H and O–H groups in total. The van der Waals surface area contributed by atoms with Crippen molar-refractivity contribution in [1.29, 1.82) is 0 Å². The molecular weight excluding hydrogens is 205 g/mol. The second kappa shape index (κ2) is 4.74. The van der Waals surface area contributed by atoms with Crippen LogP contribution in [0, 0.1) is 18.7 Å². The van der Waals surface area contributed by atoms with Gasteiger partial charge in [-0.2, -0.15) is 0 Å². The molecule has 1 aromatic rings. The summed E-state index contributed by atoms with van der Waals surface area (Å²) in [6.45, 7) is 3.04. The summed E-state index contributed by atoms with van der Waals surface area (Å²) in [6, 6.07) is 4.34. The van der Waals surface area contributed by atoms with Gasteiger partial charge in [-0.05, 0) is 49.9 Å².